The zero-order chi connectivity index (χ0) is 19.7. The largest absolute Gasteiger partial charge is 0.366 e. The highest BCUT2D eigenvalue weighted by atomic mass is 32.1. The Hall–Kier alpha value is -3.00. The molecule has 0 atom stereocenters. The Bertz CT molecular complexity index is 1010. The minimum atomic E-state index is -0.415. The highest BCUT2D eigenvalue weighted by molar-refractivity contribution is 7.22. The Morgan fingerprint density at radius 3 is 2.71 bits per heavy atom. The number of rotatable bonds is 4. The second kappa shape index (κ2) is 7.55. The number of nitrogens with one attached hydrogen (secondary N) is 1. The molecule has 7 nitrogen and oxygen atoms in total. The molecule has 1 amide bonds. The fourth-order valence-corrected chi connectivity index (χ4v) is 4.28. The van der Waals surface area contributed by atoms with Crippen LogP contribution in [-0.4, -0.2) is 28.9 Å². The molecule has 1 aliphatic heterocycles. The lowest BCUT2D eigenvalue weighted by atomic mass is 9.98. The molecule has 3 aromatic rings. The van der Waals surface area contributed by atoms with Crippen molar-refractivity contribution < 1.29 is 9.72 Å². The number of anilines is 2. The summed E-state index contributed by atoms with van der Waals surface area (Å²) in [5.74, 6) is 0.232. The van der Waals surface area contributed by atoms with Crippen LogP contribution in [0.2, 0.25) is 0 Å². The molecule has 0 bridgehead atoms. The molecule has 0 saturated carbocycles. The van der Waals surface area contributed by atoms with Crippen molar-refractivity contribution in [1.29, 1.82) is 0 Å². The van der Waals surface area contributed by atoms with Gasteiger partial charge in [0.1, 0.15) is 5.69 Å². The molecule has 28 heavy (non-hydrogen) atoms. The molecule has 2 aromatic carbocycles. The van der Waals surface area contributed by atoms with Gasteiger partial charge in [0.25, 0.3) is 11.6 Å². The predicted octanol–water partition coefficient (Wildman–Crippen LogP) is 4.69. The van der Waals surface area contributed by atoms with Crippen molar-refractivity contribution in [2.75, 3.05) is 23.3 Å². The molecule has 0 aliphatic carbocycles. The number of nitrogens with zero attached hydrogens (tertiary/aromatic N) is 3. The second-order valence-corrected chi connectivity index (χ2v) is 8.10. The van der Waals surface area contributed by atoms with Gasteiger partial charge in [0.05, 0.1) is 15.1 Å². The number of carbonyl (C=O) groups is 1. The molecule has 1 fully saturated rings. The third kappa shape index (κ3) is 3.68. The molecule has 1 saturated heterocycles. The van der Waals surface area contributed by atoms with Crippen molar-refractivity contribution in [3.05, 3.63) is 58.1 Å². The number of thiazole rings is 1. The number of carbonyl (C=O) groups excluding carboxylic acids is 1. The number of benzene rings is 2. The highest BCUT2D eigenvalue weighted by Crippen LogP contribution is 2.33. The molecule has 8 heteroatoms. The lowest BCUT2D eigenvalue weighted by molar-refractivity contribution is -0.384. The van der Waals surface area contributed by atoms with Crippen LogP contribution in [0.3, 0.4) is 0 Å². The van der Waals surface area contributed by atoms with Crippen molar-refractivity contribution in [3.63, 3.8) is 0 Å². The normalized spacial score (nSPS) is 15.0. The van der Waals surface area contributed by atoms with Crippen LogP contribution in [0.15, 0.2) is 42.5 Å². The van der Waals surface area contributed by atoms with Gasteiger partial charge in [0, 0.05) is 24.7 Å². The third-order valence-electron chi connectivity index (χ3n) is 5.07. The molecular formula is C20H20N4O3S. The topological polar surface area (TPSA) is 88.4 Å². The van der Waals surface area contributed by atoms with Gasteiger partial charge in [-0.3, -0.25) is 20.2 Å². The van der Waals surface area contributed by atoms with Gasteiger partial charge in [-0.05, 0) is 43.0 Å². The Kier molecular flexibility index (Phi) is 4.95. The number of piperidine rings is 1. The summed E-state index contributed by atoms with van der Waals surface area (Å²) in [6.07, 6.45) is 2.02. The first-order chi connectivity index (χ1) is 13.5. The van der Waals surface area contributed by atoms with Gasteiger partial charge in [0.2, 0.25) is 0 Å². The zero-order valence-electron chi connectivity index (χ0n) is 15.4. The number of para-hydroxylation sites is 1. The minimum absolute atomic E-state index is 0.0356. The van der Waals surface area contributed by atoms with Gasteiger partial charge in [-0.25, -0.2) is 4.98 Å². The van der Waals surface area contributed by atoms with Gasteiger partial charge in [-0.15, -0.1) is 0 Å². The van der Waals surface area contributed by atoms with Crippen molar-refractivity contribution in [1.82, 2.24) is 4.98 Å². The lowest BCUT2D eigenvalue weighted by Gasteiger charge is -2.31. The van der Waals surface area contributed by atoms with E-state index in [-0.39, 0.29) is 11.3 Å². The maximum Gasteiger partial charge on any atom is 0.293 e. The predicted molar refractivity (Wildman–Crippen MR) is 111 cm³/mol. The maximum absolute atomic E-state index is 12.6. The number of hydrogen-bond acceptors (Lipinski definition) is 6. The monoisotopic (exact) mass is 396 g/mol. The van der Waals surface area contributed by atoms with E-state index in [1.54, 1.807) is 12.1 Å². The van der Waals surface area contributed by atoms with E-state index < -0.39 is 10.8 Å². The second-order valence-electron chi connectivity index (χ2n) is 7.07. The Morgan fingerprint density at radius 2 is 2.00 bits per heavy atom. The first-order valence-electron chi connectivity index (χ1n) is 9.21. The van der Waals surface area contributed by atoms with Crippen LogP contribution < -0.4 is 10.2 Å². The standard InChI is InChI=1S/C20H20N4O3S/c1-13-8-10-23(11-9-13)16-7-6-14(12-17(16)24(26)27)19(25)22-20-21-15-4-2-3-5-18(15)28-20/h2-7,12-13H,8-11H2,1H3,(H,21,22,25). The highest BCUT2D eigenvalue weighted by Gasteiger charge is 2.25. The van der Waals surface area contributed by atoms with Crippen molar-refractivity contribution in [2.24, 2.45) is 5.92 Å². The molecular weight excluding hydrogens is 376 g/mol. The molecule has 1 N–H and O–H groups in total. The molecule has 0 unspecified atom stereocenters. The number of amides is 1. The maximum atomic E-state index is 12.6. The summed E-state index contributed by atoms with van der Waals surface area (Å²) >= 11 is 1.37. The molecule has 4 rings (SSSR count). The van der Waals surface area contributed by atoms with Crippen LogP contribution in [-0.2, 0) is 0 Å². The average molecular weight is 396 g/mol. The first-order valence-corrected chi connectivity index (χ1v) is 10.0. The van der Waals surface area contributed by atoms with Gasteiger partial charge in [-0.2, -0.15) is 0 Å². The summed E-state index contributed by atoms with van der Waals surface area (Å²) in [5, 5.41) is 14.8. The minimum Gasteiger partial charge on any atom is -0.366 e. The van der Waals surface area contributed by atoms with E-state index in [0.29, 0.717) is 16.7 Å². The van der Waals surface area contributed by atoms with E-state index in [1.165, 1.54) is 17.4 Å². The van der Waals surface area contributed by atoms with Crippen LogP contribution in [0, 0.1) is 16.0 Å². The van der Waals surface area contributed by atoms with Crippen LogP contribution in [0.5, 0.6) is 0 Å². The van der Waals surface area contributed by atoms with Crippen LogP contribution in [0.1, 0.15) is 30.1 Å². The lowest BCUT2D eigenvalue weighted by Crippen LogP contribution is -2.33. The Labute approximate surface area is 166 Å². The fourth-order valence-electron chi connectivity index (χ4n) is 3.42. The number of nitro groups is 1. The Balaban J connectivity index is 1.57. The Morgan fingerprint density at radius 1 is 1.25 bits per heavy atom. The molecule has 144 valence electrons. The van der Waals surface area contributed by atoms with Gasteiger partial charge >= 0.3 is 0 Å². The quantitative estimate of drug-likeness (QED) is 0.510. The van der Waals surface area contributed by atoms with E-state index in [9.17, 15) is 14.9 Å². The molecule has 0 radical (unpaired) electrons. The first kappa shape index (κ1) is 18.4. The zero-order valence-corrected chi connectivity index (χ0v) is 16.2. The van der Waals surface area contributed by atoms with E-state index in [0.717, 1.165) is 36.1 Å². The van der Waals surface area contributed by atoms with Crippen LogP contribution in [0.25, 0.3) is 10.2 Å². The summed E-state index contributed by atoms with van der Waals surface area (Å²) in [4.78, 5) is 30.2. The third-order valence-corrected chi connectivity index (χ3v) is 6.02. The average Bonchev–Trinajstić information content (AvgIpc) is 3.10. The smallest absolute Gasteiger partial charge is 0.293 e. The van der Waals surface area contributed by atoms with Crippen molar-refractivity contribution >= 4 is 44.0 Å². The number of fused-ring (bicyclic) bond motifs is 1. The molecule has 1 aliphatic rings. The summed E-state index contributed by atoms with van der Waals surface area (Å²) in [6, 6.07) is 12.3. The van der Waals surface area contributed by atoms with Crippen LogP contribution >= 0.6 is 11.3 Å². The fraction of sp³-hybridized carbons (Fsp3) is 0.300. The number of nitro benzene ring substituents is 1. The summed E-state index contributed by atoms with van der Waals surface area (Å²) in [6.45, 7) is 3.78. The summed E-state index contributed by atoms with van der Waals surface area (Å²) < 4.78 is 0.971. The van der Waals surface area contributed by atoms with E-state index >= 15 is 0 Å². The number of hydrogen-bond donors (Lipinski definition) is 1. The number of aromatic nitrogens is 1. The van der Waals surface area contributed by atoms with E-state index in [1.807, 2.05) is 29.2 Å². The van der Waals surface area contributed by atoms with Gasteiger partial charge in [-0.1, -0.05) is 30.4 Å². The van der Waals surface area contributed by atoms with Crippen molar-refractivity contribution in [3.8, 4) is 0 Å². The van der Waals surface area contributed by atoms with Gasteiger partial charge in [0.15, 0.2) is 5.13 Å². The SMILES string of the molecule is CC1CCN(c2ccc(C(=O)Nc3nc4ccccc4s3)cc2[N+](=O)[O-])CC1. The molecule has 1 aromatic heterocycles. The van der Waals surface area contributed by atoms with Crippen molar-refractivity contribution in [2.45, 2.75) is 19.8 Å². The van der Waals surface area contributed by atoms with Gasteiger partial charge < -0.3 is 4.90 Å². The molecule has 0 spiro atoms. The summed E-state index contributed by atoms with van der Waals surface area (Å²) in [7, 11) is 0. The van der Waals surface area contributed by atoms with E-state index in [4.69, 9.17) is 0 Å². The summed E-state index contributed by atoms with van der Waals surface area (Å²) in [5.41, 5.74) is 1.60. The van der Waals surface area contributed by atoms with Crippen LogP contribution in [0.4, 0.5) is 16.5 Å². The molecule has 2 heterocycles. The van der Waals surface area contributed by atoms with E-state index in [2.05, 4.69) is 17.2 Å².